The van der Waals surface area contributed by atoms with Gasteiger partial charge in [0.25, 0.3) is 0 Å². The minimum absolute atomic E-state index is 0.0815. The third kappa shape index (κ3) is 2.47. The summed E-state index contributed by atoms with van der Waals surface area (Å²) in [5.41, 5.74) is 6.31. The van der Waals surface area contributed by atoms with E-state index in [2.05, 4.69) is 15.3 Å². The molecule has 0 aliphatic carbocycles. The van der Waals surface area contributed by atoms with Crippen LogP contribution in [0.15, 0.2) is 24.4 Å². The van der Waals surface area contributed by atoms with E-state index in [-0.39, 0.29) is 17.5 Å². The van der Waals surface area contributed by atoms with Gasteiger partial charge in [-0.3, -0.25) is 0 Å². The summed E-state index contributed by atoms with van der Waals surface area (Å²) in [6.07, 6.45) is 0.929. The zero-order valence-electron chi connectivity index (χ0n) is 9.04. The van der Waals surface area contributed by atoms with Crippen LogP contribution in [0.1, 0.15) is 5.56 Å². The molecular formula is C11H10F2N4. The molecule has 4 nitrogen and oxygen atoms in total. The number of nitrogens with two attached hydrogens (primary N) is 1. The van der Waals surface area contributed by atoms with Crippen LogP contribution >= 0.6 is 0 Å². The Morgan fingerprint density at radius 2 is 2.00 bits per heavy atom. The maximum absolute atomic E-state index is 13.4. The van der Waals surface area contributed by atoms with Gasteiger partial charge in [-0.15, -0.1) is 0 Å². The zero-order chi connectivity index (χ0) is 12.4. The van der Waals surface area contributed by atoms with Crippen LogP contribution in [0.2, 0.25) is 0 Å². The monoisotopic (exact) mass is 236 g/mol. The summed E-state index contributed by atoms with van der Waals surface area (Å²) in [5.74, 6) is -1.42. The summed E-state index contributed by atoms with van der Waals surface area (Å²) >= 11 is 0. The Morgan fingerprint density at radius 3 is 2.76 bits per heavy atom. The topological polar surface area (TPSA) is 63.8 Å². The molecule has 0 spiro atoms. The Balaban J connectivity index is 2.37. The molecule has 0 saturated heterocycles. The smallest absolute Gasteiger partial charge is 0.222 e. The van der Waals surface area contributed by atoms with Crippen molar-refractivity contribution in [3.05, 3.63) is 41.6 Å². The molecule has 2 aromatic rings. The van der Waals surface area contributed by atoms with Crippen molar-refractivity contribution in [3.8, 4) is 0 Å². The van der Waals surface area contributed by atoms with Crippen LogP contribution in [-0.2, 0) is 0 Å². The molecule has 88 valence electrons. The molecule has 0 aliphatic heterocycles. The van der Waals surface area contributed by atoms with Crippen molar-refractivity contribution in [1.29, 1.82) is 0 Å². The summed E-state index contributed by atoms with van der Waals surface area (Å²) < 4.78 is 26.7. The van der Waals surface area contributed by atoms with Gasteiger partial charge in [0.05, 0.1) is 11.9 Å². The molecule has 0 fully saturated rings. The molecule has 6 heteroatoms. The molecular weight excluding hydrogens is 226 g/mol. The second-order valence-electron chi connectivity index (χ2n) is 3.53. The van der Waals surface area contributed by atoms with E-state index in [1.165, 1.54) is 6.07 Å². The second-order valence-corrected chi connectivity index (χ2v) is 3.53. The normalized spacial score (nSPS) is 10.3. The standard InChI is InChI=1S/C11H10F2N4/c1-6-2-3-7(12)9(4-6)16-10-8(13)5-15-11(14)17-10/h2-5H,1H3,(H3,14,15,16,17). The lowest BCUT2D eigenvalue weighted by Crippen LogP contribution is -2.03. The van der Waals surface area contributed by atoms with Crippen molar-refractivity contribution >= 4 is 17.5 Å². The maximum Gasteiger partial charge on any atom is 0.222 e. The number of rotatable bonds is 2. The lowest BCUT2D eigenvalue weighted by Gasteiger charge is -2.08. The highest BCUT2D eigenvalue weighted by Gasteiger charge is 2.08. The number of nitrogens with one attached hydrogen (secondary N) is 1. The molecule has 3 N–H and O–H groups in total. The first-order valence-electron chi connectivity index (χ1n) is 4.87. The molecule has 0 amide bonds. The van der Waals surface area contributed by atoms with Gasteiger partial charge in [0.15, 0.2) is 11.6 Å². The fraction of sp³-hybridized carbons (Fsp3) is 0.0909. The van der Waals surface area contributed by atoms with Gasteiger partial charge >= 0.3 is 0 Å². The van der Waals surface area contributed by atoms with Crippen LogP contribution in [0, 0.1) is 18.6 Å². The SMILES string of the molecule is Cc1ccc(F)c(Nc2nc(N)ncc2F)c1. The first-order chi connectivity index (χ1) is 8.06. The molecule has 17 heavy (non-hydrogen) atoms. The maximum atomic E-state index is 13.4. The number of aromatic nitrogens is 2. The quantitative estimate of drug-likeness (QED) is 0.840. The van der Waals surface area contributed by atoms with Crippen LogP contribution in [-0.4, -0.2) is 9.97 Å². The summed E-state index contributed by atoms with van der Waals surface area (Å²) in [6.45, 7) is 1.80. The van der Waals surface area contributed by atoms with Gasteiger partial charge in [0.1, 0.15) is 5.82 Å². The second kappa shape index (κ2) is 4.32. The fourth-order valence-corrected chi connectivity index (χ4v) is 1.33. The third-order valence-corrected chi connectivity index (χ3v) is 2.14. The average Bonchev–Trinajstić information content (AvgIpc) is 2.28. The van der Waals surface area contributed by atoms with E-state index in [9.17, 15) is 8.78 Å². The summed E-state index contributed by atoms with van der Waals surface area (Å²) in [4.78, 5) is 7.13. The molecule has 1 aromatic carbocycles. The molecule has 0 atom stereocenters. The minimum atomic E-state index is -0.694. The van der Waals surface area contributed by atoms with Gasteiger partial charge in [-0.25, -0.2) is 13.8 Å². The summed E-state index contributed by atoms with van der Waals surface area (Å²) in [5, 5.41) is 2.54. The molecule has 0 saturated carbocycles. The zero-order valence-corrected chi connectivity index (χ0v) is 9.04. The van der Waals surface area contributed by atoms with Crippen molar-refractivity contribution in [3.63, 3.8) is 0 Å². The van der Waals surface area contributed by atoms with Gasteiger partial charge in [0.2, 0.25) is 5.95 Å². The number of hydrogen-bond donors (Lipinski definition) is 2. The number of hydrogen-bond acceptors (Lipinski definition) is 4. The van der Waals surface area contributed by atoms with Gasteiger partial charge < -0.3 is 11.1 Å². The number of nitrogen functional groups attached to an aromatic ring is 1. The van der Waals surface area contributed by atoms with E-state index < -0.39 is 11.6 Å². The summed E-state index contributed by atoms with van der Waals surface area (Å²) in [7, 11) is 0. The Bertz CT molecular complexity index is 508. The first-order valence-corrected chi connectivity index (χ1v) is 4.87. The number of nitrogens with zero attached hydrogens (tertiary/aromatic N) is 2. The highest BCUT2D eigenvalue weighted by molar-refractivity contribution is 5.58. The Kier molecular flexibility index (Phi) is 2.86. The average molecular weight is 236 g/mol. The van der Waals surface area contributed by atoms with E-state index in [0.29, 0.717) is 0 Å². The Hall–Kier alpha value is -2.24. The number of anilines is 3. The number of halogens is 2. The Labute approximate surface area is 96.5 Å². The van der Waals surface area contributed by atoms with Crippen LogP contribution in [0.25, 0.3) is 0 Å². The van der Waals surface area contributed by atoms with Crippen LogP contribution in [0.3, 0.4) is 0 Å². The van der Waals surface area contributed by atoms with Gasteiger partial charge in [-0.2, -0.15) is 4.98 Å². The lowest BCUT2D eigenvalue weighted by molar-refractivity contribution is 0.616. The van der Waals surface area contributed by atoms with Crippen LogP contribution in [0.4, 0.5) is 26.2 Å². The van der Waals surface area contributed by atoms with Gasteiger partial charge in [0, 0.05) is 0 Å². The molecule has 0 aliphatic rings. The molecule has 0 radical (unpaired) electrons. The lowest BCUT2D eigenvalue weighted by atomic mass is 10.2. The molecule has 1 aromatic heterocycles. The van der Waals surface area contributed by atoms with Crippen LogP contribution < -0.4 is 11.1 Å². The van der Waals surface area contributed by atoms with E-state index in [1.807, 2.05) is 0 Å². The van der Waals surface area contributed by atoms with Crippen molar-refractivity contribution < 1.29 is 8.78 Å². The largest absolute Gasteiger partial charge is 0.368 e. The first kappa shape index (κ1) is 11.3. The number of aryl methyl sites for hydroxylation is 1. The fourth-order valence-electron chi connectivity index (χ4n) is 1.33. The minimum Gasteiger partial charge on any atom is -0.368 e. The molecule has 2 rings (SSSR count). The van der Waals surface area contributed by atoms with Gasteiger partial charge in [-0.1, -0.05) is 6.07 Å². The predicted octanol–water partition coefficient (Wildman–Crippen LogP) is 2.39. The summed E-state index contributed by atoms with van der Waals surface area (Å²) in [6, 6.07) is 4.46. The van der Waals surface area contributed by atoms with E-state index in [0.717, 1.165) is 11.8 Å². The third-order valence-electron chi connectivity index (χ3n) is 2.14. The van der Waals surface area contributed by atoms with E-state index in [1.54, 1.807) is 19.1 Å². The van der Waals surface area contributed by atoms with Crippen molar-refractivity contribution in [2.75, 3.05) is 11.1 Å². The van der Waals surface area contributed by atoms with Crippen LogP contribution in [0.5, 0.6) is 0 Å². The highest BCUT2D eigenvalue weighted by Crippen LogP contribution is 2.21. The van der Waals surface area contributed by atoms with E-state index >= 15 is 0 Å². The predicted molar refractivity (Wildman–Crippen MR) is 60.8 cm³/mol. The Morgan fingerprint density at radius 1 is 1.24 bits per heavy atom. The van der Waals surface area contributed by atoms with E-state index in [4.69, 9.17) is 5.73 Å². The van der Waals surface area contributed by atoms with Crippen molar-refractivity contribution in [2.24, 2.45) is 0 Å². The molecule has 0 bridgehead atoms. The molecule has 1 heterocycles. The van der Waals surface area contributed by atoms with Gasteiger partial charge in [-0.05, 0) is 24.6 Å². The highest BCUT2D eigenvalue weighted by atomic mass is 19.1. The van der Waals surface area contributed by atoms with Crippen molar-refractivity contribution in [2.45, 2.75) is 6.92 Å². The molecule has 0 unspecified atom stereocenters. The van der Waals surface area contributed by atoms with Crippen molar-refractivity contribution in [1.82, 2.24) is 9.97 Å². The number of benzene rings is 1.